The van der Waals surface area contributed by atoms with Crippen LogP contribution in [0.1, 0.15) is 53.6 Å². The average Bonchev–Trinajstić information content (AvgIpc) is 3.31. The van der Waals surface area contributed by atoms with E-state index < -0.39 is 23.5 Å². The van der Waals surface area contributed by atoms with E-state index in [1.165, 1.54) is 16.7 Å². The van der Waals surface area contributed by atoms with Crippen molar-refractivity contribution in [2.45, 2.75) is 57.4 Å². The second-order valence-corrected chi connectivity index (χ2v) is 10.1. The molecule has 9 nitrogen and oxygen atoms in total. The highest BCUT2D eigenvalue weighted by Gasteiger charge is 2.33. The minimum atomic E-state index is -4.47. The van der Waals surface area contributed by atoms with Crippen LogP contribution in [0, 0.1) is 0 Å². The summed E-state index contributed by atoms with van der Waals surface area (Å²) >= 11 is 0. The van der Waals surface area contributed by atoms with Gasteiger partial charge in [-0.05, 0) is 73.7 Å². The molecule has 214 valence electrons. The molecule has 1 aromatic heterocycles. The van der Waals surface area contributed by atoms with E-state index in [9.17, 15) is 18.0 Å². The number of aliphatic imine (C=N–C) groups is 1. The Morgan fingerprint density at radius 2 is 1.95 bits per heavy atom. The number of nitrogens with zero attached hydrogens (tertiary/aromatic N) is 3. The smallest absolute Gasteiger partial charge is 0.370 e. The summed E-state index contributed by atoms with van der Waals surface area (Å²) in [6.07, 6.45) is -0.536. The number of nitrogens with two attached hydrogens (primary N) is 3. The second-order valence-electron chi connectivity index (χ2n) is 10.1. The Hall–Kier alpha value is -3.90. The molecule has 2 aromatic carbocycles. The molecule has 1 aliphatic rings. The molecule has 0 spiro atoms. The van der Waals surface area contributed by atoms with Crippen molar-refractivity contribution in [3.05, 3.63) is 87.0 Å². The molecule has 2 atom stereocenters. The predicted octanol–water partition coefficient (Wildman–Crippen LogP) is 2.99. The number of hydrogen-bond donors (Lipinski definition) is 5. The first-order valence-electron chi connectivity index (χ1n) is 13.2. The van der Waals surface area contributed by atoms with Crippen molar-refractivity contribution in [2.24, 2.45) is 22.2 Å². The molecule has 0 saturated heterocycles. The molecule has 0 bridgehead atoms. The van der Waals surface area contributed by atoms with Gasteiger partial charge in [-0.3, -0.25) is 9.56 Å². The molecule has 12 heteroatoms. The zero-order valence-electron chi connectivity index (χ0n) is 22.3. The Bertz CT molecular complexity index is 1400. The van der Waals surface area contributed by atoms with Gasteiger partial charge < -0.3 is 27.8 Å². The number of guanidine groups is 1. The molecule has 8 N–H and O–H groups in total. The Morgan fingerprint density at radius 3 is 2.62 bits per heavy atom. The number of nitrogens with one attached hydrogen (secondary N) is 2. The van der Waals surface area contributed by atoms with Gasteiger partial charge in [0, 0.05) is 37.3 Å². The predicted molar refractivity (Wildman–Crippen MR) is 150 cm³/mol. The molecule has 1 aliphatic heterocycles. The highest BCUT2D eigenvalue weighted by atomic mass is 19.4. The van der Waals surface area contributed by atoms with E-state index in [0.717, 1.165) is 24.1 Å². The monoisotopic (exact) mass is 556 g/mol. The number of anilines is 1. The third-order valence-corrected chi connectivity index (χ3v) is 6.72. The zero-order valence-corrected chi connectivity index (χ0v) is 22.3. The van der Waals surface area contributed by atoms with Gasteiger partial charge in [-0.25, -0.2) is 4.79 Å². The van der Waals surface area contributed by atoms with Gasteiger partial charge >= 0.3 is 11.9 Å². The van der Waals surface area contributed by atoms with Crippen molar-refractivity contribution >= 4 is 11.8 Å². The van der Waals surface area contributed by atoms with Gasteiger partial charge in [-0.1, -0.05) is 18.2 Å². The quantitative estimate of drug-likeness (QED) is 0.138. The fraction of sp³-hybridized carbons (Fsp3) is 0.393. The van der Waals surface area contributed by atoms with E-state index in [1.54, 1.807) is 12.3 Å². The third-order valence-electron chi connectivity index (χ3n) is 6.72. The summed E-state index contributed by atoms with van der Waals surface area (Å²) in [7, 11) is 0. The number of alkyl halides is 3. The minimum Gasteiger partial charge on any atom is -0.370 e. The summed E-state index contributed by atoms with van der Waals surface area (Å²) in [4.78, 5) is 21.0. The molecule has 0 saturated carbocycles. The van der Waals surface area contributed by atoms with Crippen molar-refractivity contribution in [1.82, 2.24) is 14.9 Å². The summed E-state index contributed by atoms with van der Waals surface area (Å²) in [5.41, 5.74) is 18.8. The lowest BCUT2D eigenvalue weighted by Gasteiger charge is -2.17. The third kappa shape index (κ3) is 7.60. The minimum absolute atomic E-state index is 0.0796. The van der Waals surface area contributed by atoms with Gasteiger partial charge in [-0.15, -0.1) is 0 Å². The first-order chi connectivity index (χ1) is 19.0. The topological polar surface area (TPSA) is 149 Å². The molecule has 4 rings (SSSR count). The number of fused-ring (bicyclic) bond motifs is 1. The number of benzene rings is 2. The van der Waals surface area contributed by atoms with Crippen LogP contribution in [0.3, 0.4) is 0 Å². The van der Waals surface area contributed by atoms with Crippen molar-refractivity contribution in [1.29, 1.82) is 0 Å². The maximum Gasteiger partial charge on any atom is 0.416 e. The number of rotatable bonds is 11. The fourth-order valence-electron chi connectivity index (χ4n) is 4.63. The Labute approximate surface area is 230 Å². The molecule has 0 amide bonds. The number of aromatic nitrogens is 2. The van der Waals surface area contributed by atoms with Crippen LogP contribution in [0.4, 0.5) is 19.0 Å². The number of aryl methyl sites for hydroxylation is 1. The normalized spacial score (nSPS) is 15.4. The molecule has 0 aliphatic carbocycles. The van der Waals surface area contributed by atoms with E-state index >= 15 is 0 Å². The summed E-state index contributed by atoms with van der Waals surface area (Å²) in [5, 5.41) is 6.46. The first kappa shape index (κ1) is 29.1. The Morgan fingerprint density at radius 1 is 1.20 bits per heavy atom. The lowest BCUT2D eigenvalue weighted by molar-refractivity contribution is -0.137. The van der Waals surface area contributed by atoms with Crippen LogP contribution in [0.25, 0.3) is 5.69 Å². The van der Waals surface area contributed by atoms with Gasteiger partial charge in [0.15, 0.2) is 5.96 Å². The summed E-state index contributed by atoms with van der Waals surface area (Å²) in [6, 6.07) is 11.1. The van der Waals surface area contributed by atoms with E-state index in [-0.39, 0.29) is 12.0 Å². The van der Waals surface area contributed by atoms with Crippen LogP contribution >= 0.6 is 0 Å². The SMILES string of the molecule is CC(N)CCc1cc(C2Cc3cn(-c4ccc(CNCCCN=C(N)N)cc4)c(=O)nc3N2)cc(C(F)(F)F)c1. The maximum absolute atomic E-state index is 13.6. The van der Waals surface area contributed by atoms with Crippen LogP contribution in [0.2, 0.25) is 0 Å². The molecule has 0 fully saturated rings. The van der Waals surface area contributed by atoms with E-state index in [1.807, 2.05) is 31.2 Å². The van der Waals surface area contributed by atoms with Gasteiger partial charge in [-0.2, -0.15) is 18.2 Å². The molecule has 2 unspecified atom stereocenters. The van der Waals surface area contributed by atoms with E-state index in [0.29, 0.717) is 55.0 Å². The lowest BCUT2D eigenvalue weighted by atomic mass is 9.95. The summed E-state index contributed by atoms with van der Waals surface area (Å²) < 4.78 is 42.4. The molecular weight excluding hydrogens is 521 g/mol. The molecule has 0 radical (unpaired) electrons. The van der Waals surface area contributed by atoms with Crippen LogP contribution in [0.15, 0.2) is 58.4 Å². The highest BCUT2D eigenvalue weighted by molar-refractivity contribution is 5.75. The van der Waals surface area contributed by atoms with Crippen molar-refractivity contribution < 1.29 is 13.2 Å². The standard InChI is InChI=1S/C28H35F3N8O/c1-17(32)3-4-19-11-20(13-22(12-19)28(29,30)31)24-14-21-16-39(27(40)38-25(21)37-24)23-7-5-18(6-8-23)15-35-9-2-10-36-26(33)34/h5-8,11-13,16-17,24,35H,2-4,9-10,14-15,32H2,1H3,(H4,33,34,36)(H,37,38,40). The van der Waals surface area contributed by atoms with E-state index in [4.69, 9.17) is 17.2 Å². The van der Waals surface area contributed by atoms with Gasteiger partial charge in [0.05, 0.1) is 17.3 Å². The lowest BCUT2D eigenvalue weighted by Crippen LogP contribution is -2.23. The van der Waals surface area contributed by atoms with Crippen LogP contribution < -0.4 is 33.5 Å². The second kappa shape index (κ2) is 12.5. The summed E-state index contributed by atoms with van der Waals surface area (Å²) in [6.45, 7) is 3.78. The largest absolute Gasteiger partial charge is 0.416 e. The number of hydrogen-bond acceptors (Lipinski definition) is 6. The molecule has 40 heavy (non-hydrogen) atoms. The molecule has 3 aromatic rings. The number of halogens is 3. The Kier molecular flexibility index (Phi) is 9.10. The highest BCUT2D eigenvalue weighted by Crippen LogP contribution is 2.37. The van der Waals surface area contributed by atoms with Crippen molar-refractivity contribution in [2.75, 3.05) is 18.4 Å². The van der Waals surface area contributed by atoms with E-state index in [2.05, 4.69) is 20.6 Å². The van der Waals surface area contributed by atoms with Gasteiger partial charge in [0.25, 0.3) is 0 Å². The van der Waals surface area contributed by atoms with Crippen LogP contribution in [-0.2, 0) is 25.6 Å². The van der Waals surface area contributed by atoms with Crippen LogP contribution in [-0.4, -0.2) is 34.6 Å². The fourth-order valence-corrected chi connectivity index (χ4v) is 4.63. The Balaban J connectivity index is 1.47. The summed E-state index contributed by atoms with van der Waals surface area (Å²) in [5.74, 6) is 0.471. The van der Waals surface area contributed by atoms with Gasteiger partial charge in [0.1, 0.15) is 5.82 Å². The zero-order chi connectivity index (χ0) is 28.9. The molecule has 2 heterocycles. The average molecular weight is 557 g/mol. The van der Waals surface area contributed by atoms with Crippen LogP contribution in [0.5, 0.6) is 0 Å². The first-order valence-corrected chi connectivity index (χ1v) is 13.2. The van der Waals surface area contributed by atoms with Gasteiger partial charge in [0.2, 0.25) is 0 Å². The van der Waals surface area contributed by atoms with Crippen molar-refractivity contribution in [3.8, 4) is 5.69 Å². The van der Waals surface area contributed by atoms with Crippen molar-refractivity contribution in [3.63, 3.8) is 0 Å². The maximum atomic E-state index is 13.6. The molecular formula is C28H35F3N8O.